The molecule has 0 fully saturated rings. The topological polar surface area (TPSA) is 86.9 Å². The average Bonchev–Trinajstić information content (AvgIpc) is 2.36. The quantitative estimate of drug-likeness (QED) is 0.698. The Hall–Kier alpha value is -2.63. The third-order valence-electron chi connectivity index (χ3n) is 2.20. The maximum atomic E-state index is 11.7. The molecule has 18 heavy (non-hydrogen) atoms. The lowest BCUT2D eigenvalue weighted by Crippen LogP contribution is -2.31. The van der Waals surface area contributed by atoms with E-state index in [0.717, 1.165) is 0 Å². The Bertz CT molecular complexity index is 607. The summed E-state index contributed by atoms with van der Waals surface area (Å²) in [5.41, 5.74) is 5.81. The predicted octanol–water partition coefficient (Wildman–Crippen LogP) is 0.835. The minimum absolute atomic E-state index is 0.198. The standard InChI is InChI=1S/C12H12N4O2/c1-8-7-10(17)14-12(13-8)16-15-11(18)9-5-3-2-4-6-9/h2-7H,1H3,(H,15,18)(H2,13,14,16,17). The van der Waals surface area contributed by atoms with Gasteiger partial charge in [-0.3, -0.25) is 25.4 Å². The fraction of sp³-hybridized carbons (Fsp3) is 0.0833. The minimum atomic E-state index is -0.306. The minimum Gasteiger partial charge on any atom is -0.291 e. The Balaban J connectivity index is 2.04. The average molecular weight is 244 g/mol. The summed E-state index contributed by atoms with van der Waals surface area (Å²) in [6.07, 6.45) is 0. The van der Waals surface area contributed by atoms with E-state index < -0.39 is 0 Å². The van der Waals surface area contributed by atoms with Crippen molar-refractivity contribution in [3.8, 4) is 0 Å². The highest BCUT2D eigenvalue weighted by atomic mass is 16.2. The SMILES string of the molecule is Cc1cc(=O)[nH]c(NNC(=O)c2ccccc2)n1. The van der Waals surface area contributed by atoms with Gasteiger partial charge in [0.25, 0.3) is 11.5 Å². The van der Waals surface area contributed by atoms with Crippen LogP contribution in [0, 0.1) is 6.92 Å². The van der Waals surface area contributed by atoms with Crippen LogP contribution in [0.5, 0.6) is 0 Å². The van der Waals surface area contributed by atoms with Gasteiger partial charge in [0, 0.05) is 17.3 Å². The molecule has 0 saturated carbocycles. The number of carbonyl (C=O) groups excluding carboxylic acids is 1. The normalized spacial score (nSPS) is 9.83. The summed E-state index contributed by atoms with van der Waals surface area (Å²) in [7, 11) is 0. The molecule has 1 aromatic heterocycles. The number of hydrogen-bond acceptors (Lipinski definition) is 4. The zero-order valence-corrected chi connectivity index (χ0v) is 9.73. The van der Waals surface area contributed by atoms with Crippen molar-refractivity contribution in [1.82, 2.24) is 15.4 Å². The molecule has 0 spiro atoms. The molecule has 6 heteroatoms. The van der Waals surface area contributed by atoms with Gasteiger partial charge < -0.3 is 0 Å². The van der Waals surface area contributed by atoms with Crippen LogP contribution in [0.25, 0.3) is 0 Å². The highest BCUT2D eigenvalue weighted by Gasteiger charge is 2.04. The summed E-state index contributed by atoms with van der Waals surface area (Å²) >= 11 is 0. The van der Waals surface area contributed by atoms with Crippen LogP contribution in [0.2, 0.25) is 0 Å². The van der Waals surface area contributed by atoms with Gasteiger partial charge in [0.1, 0.15) is 0 Å². The predicted molar refractivity (Wildman–Crippen MR) is 67.1 cm³/mol. The van der Waals surface area contributed by atoms with Crippen molar-refractivity contribution in [2.45, 2.75) is 6.92 Å². The van der Waals surface area contributed by atoms with Gasteiger partial charge >= 0.3 is 0 Å². The maximum absolute atomic E-state index is 11.7. The molecule has 0 bridgehead atoms. The number of aromatic nitrogens is 2. The highest BCUT2D eigenvalue weighted by molar-refractivity contribution is 5.94. The zero-order chi connectivity index (χ0) is 13.0. The van der Waals surface area contributed by atoms with E-state index in [1.165, 1.54) is 6.07 Å². The fourth-order valence-electron chi connectivity index (χ4n) is 1.42. The fourth-order valence-corrected chi connectivity index (χ4v) is 1.42. The van der Waals surface area contributed by atoms with Crippen LogP contribution < -0.4 is 16.4 Å². The number of amides is 1. The largest absolute Gasteiger partial charge is 0.291 e. The Morgan fingerprint density at radius 3 is 2.67 bits per heavy atom. The second-order valence-corrected chi connectivity index (χ2v) is 3.68. The van der Waals surface area contributed by atoms with E-state index in [2.05, 4.69) is 20.8 Å². The van der Waals surface area contributed by atoms with Crippen LogP contribution >= 0.6 is 0 Å². The summed E-state index contributed by atoms with van der Waals surface area (Å²) in [6, 6.07) is 10.1. The Morgan fingerprint density at radius 2 is 2.00 bits per heavy atom. The summed E-state index contributed by atoms with van der Waals surface area (Å²) in [6.45, 7) is 1.69. The van der Waals surface area contributed by atoms with Crippen LogP contribution in [0.3, 0.4) is 0 Å². The first-order valence-electron chi connectivity index (χ1n) is 5.34. The zero-order valence-electron chi connectivity index (χ0n) is 9.73. The number of H-pyrrole nitrogens is 1. The van der Waals surface area contributed by atoms with Crippen molar-refractivity contribution >= 4 is 11.9 Å². The van der Waals surface area contributed by atoms with E-state index in [9.17, 15) is 9.59 Å². The van der Waals surface area contributed by atoms with E-state index in [-0.39, 0.29) is 17.4 Å². The maximum Gasteiger partial charge on any atom is 0.269 e. The van der Waals surface area contributed by atoms with Crippen molar-refractivity contribution in [3.63, 3.8) is 0 Å². The summed E-state index contributed by atoms with van der Waals surface area (Å²) in [4.78, 5) is 29.4. The first kappa shape index (κ1) is 11.8. The highest BCUT2D eigenvalue weighted by Crippen LogP contribution is 1.98. The second kappa shape index (κ2) is 5.13. The molecule has 2 rings (SSSR count). The van der Waals surface area contributed by atoms with Gasteiger partial charge in [0.15, 0.2) is 0 Å². The lowest BCUT2D eigenvalue weighted by molar-refractivity contribution is 0.0962. The molecule has 0 radical (unpaired) electrons. The molecule has 3 N–H and O–H groups in total. The van der Waals surface area contributed by atoms with Crippen LogP contribution in [0.15, 0.2) is 41.2 Å². The number of aryl methyl sites for hydroxylation is 1. The molecule has 0 aliphatic carbocycles. The molecular formula is C12H12N4O2. The molecule has 0 saturated heterocycles. The van der Waals surface area contributed by atoms with Crippen LogP contribution in [0.1, 0.15) is 16.1 Å². The van der Waals surface area contributed by atoms with Crippen molar-refractivity contribution in [2.24, 2.45) is 0 Å². The number of rotatable bonds is 3. The van der Waals surface area contributed by atoms with Crippen LogP contribution in [-0.4, -0.2) is 15.9 Å². The lowest BCUT2D eigenvalue weighted by atomic mass is 10.2. The van der Waals surface area contributed by atoms with Crippen molar-refractivity contribution < 1.29 is 4.79 Å². The molecule has 0 unspecified atom stereocenters. The van der Waals surface area contributed by atoms with Gasteiger partial charge in [-0.15, -0.1) is 0 Å². The molecule has 0 atom stereocenters. The van der Waals surface area contributed by atoms with Crippen LogP contribution in [-0.2, 0) is 0 Å². The number of nitrogens with one attached hydrogen (secondary N) is 3. The summed E-state index contributed by atoms with van der Waals surface area (Å²) < 4.78 is 0. The Labute approximate surface area is 103 Å². The van der Waals surface area contributed by atoms with Crippen LogP contribution in [0.4, 0.5) is 5.95 Å². The second-order valence-electron chi connectivity index (χ2n) is 3.68. The van der Waals surface area contributed by atoms with Crippen molar-refractivity contribution in [2.75, 3.05) is 5.43 Å². The summed E-state index contributed by atoms with van der Waals surface area (Å²) in [5, 5.41) is 0. The third kappa shape index (κ3) is 2.94. The van der Waals surface area contributed by atoms with E-state index in [1.807, 2.05) is 6.07 Å². The number of hydrogen-bond donors (Lipinski definition) is 3. The molecule has 6 nitrogen and oxygen atoms in total. The van der Waals surface area contributed by atoms with Gasteiger partial charge in [-0.25, -0.2) is 4.98 Å². The molecule has 1 amide bonds. The Morgan fingerprint density at radius 1 is 1.28 bits per heavy atom. The smallest absolute Gasteiger partial charge is 0.269 e. The van der Waals surface area contributed by atoms with E-state index in [1.54, 1.807) is 31.2 Å². The molecule has 0 aliphatic heterocycles. The molecular weight excluding hydrogens is 232 g/mol. The molecule has 0 aliphatic rings. The number of carbonyl (C=O) groups is 1. The number of hydrazine groups is 1. The van der Waals surface area contributed by atoms with Gasteiger partial charge in [-0.1, -0.05) is 18.2 Å². The molecule has 2 aromatic rings. The van der Waals surface area contributed by atoms with E-state index in [0.29, 0.717) is 11.3 Å². The van der Waals surface area contributed by atoms with Gasteiger partial charge in [-0.2, -0.15) is 0 Å². The monoisotopic (exact) mass is 244 g/mol. The van der Waals surface area contributed by atoms with Crippen molar-refractivity contribution in [1.29, 1.82) is 0 Å². The van der Waals surface area contributed by atoms with Gasteiger partial charge in [0.2, 0.25) is 5.95 Å². The first-order chi connectivity index (χ1) is 8.65. The van der Waals surface area contributed by atoms with Crippen molar-refractivity contribution in [3.05, 3.63) is 58.0 Å². The van der Waals surface area contributed by atoms with Gasteiger partial charge in [-0.05, 0) is 19.1 Å². The molecule has 1 heterocycles. The molecule has 92 valence electrons. The number of benzene rings is 1. The van der Waals surface area contributed by atoms with E-state index in [4.69, 9.17) is 0 Å². The number of aromatic amines is 1. The lowest BCUT2D eigenvalue weighted by Gasteiger charge is -2.07. The molecule has 1 aromatic carbocycles. The first-order valence-corrected chi connectivity index (χ1v) is 5.34. The summed E-state index contributed by atoms with van der Waals surface area (Å²) in [5.74, 6) is -0.107. The Kier molecular flexibility index (Phi) is 3.38. The number of anilines is 1. The van der Waals surface area contributed by atoms with Gasteiger partial charge in [0.05, 0.1) is 0 Å². The third-order valence-corrected chi connectivity index (χ3v) is 2.20. The number of nitrogens with zero attached hydrogens (tertiary/aromatic N) is 1. The van der Waals surface area contributed by atoms with E-state index >= 15 is 0 Å².